The van der Waals surface area contributed by atoms with Crippen molar-refractivity contribution in [3.63, 3.8) is 0 Å². The van der Waals surface area contributed by atoms with Gasteiger partial charge in [0.05, 0.1) is 29.3 Å². The third-order valence-corrected chi connectivity index (χ3v) is 8.07. The molecule has 1 amide bonds. The summed E-state index contributed by atoms with van der Waals surface area (Å²) in [4.78, 5) is 29.5. The lowest BCUT2D eigenvalue weighted by molar-refractivity contribution is 0.130. The van der Waals surface area contributed by atoms with Gasteiger partial charge in [-0.2, -0.15) is 0 Å². The average molecular weight is 517 g/mol. The summed E-state index contributed by atoms with van der Waals surface area (Å²) in [5.74, 6) is -0.630. The molecule has 2 aromatic carbocycles. The van der Waals surface area contributed by atoms with Gasteiger partial charge >= 0.3 is 11.8 Å². The minimum atomic E-state index is -3.43. The summed E-state index contributed by atoms with van der Waals surface area (Å²) in [6.07, 6.45) is 0.231. The first-order valence-electron chi connectivity index (χ1n) is 12.0. The SMILES string of the molecule is CCS(=O)(=O)c1ccc2oc(=O)n(Cc3cccc(NC(=O)OCCCN4CCN(C)CC4)c3)c2c1. The van der Waals surface area contributed by atoms with Gasteiger partial charge in [-0.3, -0.25) is 9.88 Å². The number of fused-ring (bicyclic) bond motifs is 1. The van der Waals surface area contributed by atoms with Crippen molar-refractivity contribution in [3.8, 4) is 0 Å². The van der Waals surface area contributed by atoms with E-state index in [1.807, 2.05) is 6.07 Å². The lowest BCUT2D eigenvalue weighted by Gasteiger charge is -2.32. The Balaban J connectivity index is 1.36. The predicted molar refractivity (Wildman–Crippen MR) is 137 cm³/mol. The number of aromatic nitrogens is 1. The number of carbonyl (C=O) groups excluding carboxylic acids is 1. The Bertz CT molecular complexity index is 1370. The molecule has 0 bridgehead atoms. The number of nitrogens with one attached hydrogen (secondary N) is 1. The van der Waals surface area contributed by atoms with Crippen molar-refractivity contribution in [1.82, 2.24) is 14.4 Å². The number of nitrogens with zero attached hydrogens (tertiary/aromatic N) is 3. The number of anilines is 1. The van der Waals surface area contributed by atoms with E-state index in [1.54, 1.807) is 25.1 Å². The van der Waals surface area contributed by atoms with Crippen LogP contribution in [-0.2, 0) is 21.1 Å². The standard InChI is InChI=1S/C25H32N4O6S/c1-3-36(32,33)21-8-9-23-22(17-21)29(25(31)35-23)18-19-6-4-7-20(16-19)26-24(30)34-15-5-10-28-13-11-27(2)12-14-28/h4,6-9,16-17H,3,5,10-15,18H2,1-2H3,(H,26,30). The Kier molecular flexibility index (Phi) is 8.12. The molecule has 0 radical (unpaired) electrons. The fourth-order valence-electron chi connectivity index (χ4n) is 4.16. The minimum absolute atomic E-state index is 0.0414. The Morgan fingerprint density at radius 2 is 1.89 bits per heavy atom. The molecule has 0 aliphatic carbocycles. The highest BCUT2D eigenvalue weighted by Crippen LogP contribution is 2.21. The first-order chi connectivity index (χ1) is 17.2. The highest BCUT2D eigenvalue weighted by molar-refractivity contribution is 7.91. The fourth-order valence-corrected chi connectivity index (χ4v) is 5.06. The van der Waals surface area contributed by atoms with E-state index in [-0.39, 0.29) is 17.2 Å². The van der Waals surface area contributed by atoms with Gasteiger partial charge in [0.25, 0.3) is 0 Å². The Morgan fingerprint density at radius 1 is 1.11 bits per heavy atom. The third-order valence-electron chi connectivity index (χ3n) is 6.34. The van der Waals surface area contributed by atoms with Gasteiger partial charge in [0, 0.05) is 38.4 Å². The number of amides is 1. The van der Waals surface area contributed by atoms with E-state index < -0.39 is 21.7 Å². The zero-order valence-corrected chi connectivity index (χ0v) is 21.4. The largest absolute Gasteiger partial charge is 0.449 e. The van der Waals surface area contributed by atoms with Crippen molar-refractivity contribution in [3.05, 3.63) is 58.6 Å². The molecule has 1 aliphatic heterocycles. The maximum absolute atomic E-state index is 12.5. The Hall–Kier alpha value is -3.15. The number of hydrogen-bond donors (Lipinski definition) is 1. The van der Waals surface area contributed by atoms with Gasteiger partial charge in [0.15, 0.2) is 15.4 Å². The normalized spacial score (nSPS) is 15.3. The summed E-state index contributed by atoms with van der Waals surface area (Å²) in [5.41, 5.74) is 1.97. The van der Waals surface area contributed by atoms with Gasteiger partial charge < -0.3 is 19.0 Å². The second-order valence-electron chi connectivity index (χ2n) is 8.95. The van der Waals surface area contributed by atoms with Crippen LogP contribution in [0, 0.1) is 0 Å². The summed E-state index contributed by atoms with van der Waals surface area (Å²) in [6, 6.07) is 11.4. The van der Waals surface area contributed by atoms with Gasteiger partial charge in [-0.15, -0.1) is 0 Å². The number of likely N-dealkylation sites (N-methyl/N-ethyl adjacent to an activating group) is 1. The molecule has 1 aliphatic rings. The molecule has 1 aromatic heterocycles. The van der Waals surface area contributed by atoms with Crippen molar-refractivity contribution in [2.45, 2.75) is 24.8 Å². The smallest absolute Gasteiger partial charge is 0.420 e. The zero-order valence-electron chi connectivity index (χ0n) is 20.6. The van der Waals surface area contributed by atoms with Crippen molar-refractivity contribution < 1.29 is 22.4 Å². The summed E-state index contributed by atoms with van der Waals surface area (Å²) in [5, 5.41) is 2.72. The molecule has 10 nitrogen and oxygen atoms in total. The zero-order chi connectivity index (χ0) is 25.7. The molecule has 0 saturated carbocycles. The topological polar surface area (TPSA) is 114 Å². The van der Waals surface area contributed by atoms with Crippen LogP contribution < -0.4 is 11.1 Å². The number of sulfone groups is 1. The van der Waals surface area contributed by atoms with Crippen LogP contribution in [0.2, 0.25) is 0 Å². The molecule has 11 heteroatoms. The number of rotatable bonds is 9. The lowest BCUT2D eigenvalue weighted by Crippen LogP contribution is -2.44. The average Bonchev–Trinajstić information content (AvgIpc) is 3.17. The van der Waals surface area contributed by atoms with Gasteiger partial charge in [-0.25, -0.2) is 18.0 Å². The van der Waals surface area contributed by atoms with Crippen LogP contribution >= 0.6 is 0 Å². The van der Waals surface area contributed by atoms with Crippen molar-refractivity contribution in [2.75, 3.05) is 57.4 Å². The minimum Gasteiger partial charge on any atom is -0.449 e. The van der Waals surface area contributed by atoms with E-state index in [4.69, 9.17) is 9.15 Å². The molecule has 36 heavy (non-hydrogen) atoms. The molecule has 0 spiro atoms. The molecule has 0 unspecified atom stereocenters. The quantitative estimate of drug-likeness (QED) is 0.432. The molecular weight excluding hydrogens is 484 g/mol. The number of piperazine rings is 1. The van der Waals surface area contributed by atoms with Crippen LogP contribution in [0.3, 0.4) is 0 Å². The second kappa shape index (κ2) is 11.3. The van der Waals surface area contributed by atoms with Crippen LogP contribution in [0.4, 0.5) is 10.5 Å². The fraction of sp³-hybridized carbons (Fsp3) is 0.440. The molecule has 194 valence electrons. The maximum atomic E-state index is 12.5. The van der Waals surface area contributed by atoms with Gasteiger partial charge in [-0.05, 0) is 49.4 Å². The monoisotopic (exact) mass is 516 g/mol. The van der Waals surface area contributed by atoms with Crippen LogP contribution in [-0.4, -0.2) is 81.0 Å². The van der Waals surface area contributed by atoms with Crippen LogP contribution in [0.5, 0.6) is 0 Å². The Morgan fingerprint density at radius 3 is 2.64 bits per heavy atom. The van der Waals surface area contributed by atoms with E-state index in [0.29, 0.717) is 23.4 Å². The van der Waals surface area contributed by atoms with Crippen LogP contribution in [0.15, 0.2) is 56.6 Å². The molecule has 1 N–H and O–H groups in total. The molecule has 0 atom stereocenters. The summed E-state index contributed by atoms with van der Waals surface area (Å²) in [7, 11) is -1.32. The predicted octanol–water partition coefficient (Wildman–Crippen LogP) is 2.62. The maximum Gasteiger partial charge on any atom is 0.420 e. The van der Waals surface area contributed by atoms with E-state index in [9.17, 15) is 18.0 Å². The first-order valence-corrected chi connectivity index (χ1v) is 13.7. The number of oxazole rings is 1. The lowest BCUT2D eigenvalue weighted by atomic mass is 10.2. The summed E-state index contributed by atoms with van der Waals surface area (Å²) >= 11 is 0. The van der Waals surface area contributed by atoms with E-state index in [1.165, 1.54) is 22.8 Å². The first kappa shape index (κ1) is 25.9. The molecule has 1 fully saturated rings. The second-order valence-corrected chi connectivity index (χ2v) is 11.2. The molecule has 4 rings (SSSR count). The van der Waals surface area contributed by atoms with Gasteiger partial charge in [-0.1, -0.05) is 19.1 Å². The van der Waals surface area contributed by atoms with Crippen molar-refractivity contribution in [2.24, 2.45) is 0 Å². The highest BCUT2D eigenvalue weighted by atomic mass is 32.2. The molecule has 1 saturated heterocycles. The number of benzene rings is 2. The van der Waals surface area contributed by atoms with E-state index in [2.05, 4.69) is 22.2 Å². The van der Waals surface area contributed by atoms with Gasteiger partial charge in [0.1, 0.15) is 0 Å². The number of hydrogen-bond acceptors (Lipinski definition) is 8. The van der Waals surface area contributed by atoms with Crippen LogP contribution in [0.25, 0.3) is 11.1 Å². The summed E-state index contributed by atoms with van der Waals surface area (Å²) in [6.45, 7) is 7.11. The van der Waals surface area contributed by atoms with Gasteiger partial charge in [0.2, 0.25) is 0 Å². The third kappa shape index (κ3) is 6.34. The van der Waals surface area contributed by atoms with E-state index >= 15 is 0 Å². The molecular formula is C25H32N4O6S. The van der Waals surface area contributed by atoms with Crippen molar-refractivity contribution >= 4 is 32.7 Å². The molecule has 3 aromatic rings. The summed E-state index contributed by atoms with van der Waals surface area (Å²) < 4.78 is 36.5. The van der Waals surface area contributed by atoms with Crippen LogP contribution in [0.1, 0.15) is 18.9 Å². The Labute approximate surface area is 210 Å². The number of ether oxygens (including phenoxy) is 1. The molecule has 2 heterocycles. The number of carbonyl (C=O) groups is 1. The van der Waals surface area contributed by atoms with Crippen molar-refractivity contribution in [1.29, 1.82) is 0 Å². The van der Waals surface area contributed by atoms with E-state index in [0.717, 1.165) is 44.7 Å². The highest BCUT2D eigenvalue weighted by Gasteiger charge is 2.17.